The topological polar surface area (TPSA) is 49.3 Å². The SMILES string of the molecule is CS[C@@H](C)C1(C(=O)O)CCCCN1. The maximum Gasteiger partial charge on any atom is 0.325 e. The summed E-state index contributed by atoms with van der Waals surface area (Å²) in [5.41, 5.74) is -0.683. The number of hydrogen-bond acceptors (Lipinski definition) is 3. The van der Waals surface area contributed by atoms with Gasteiger partial charge in [-0.25, -0.2) is 0 Å². The molecule has 1 aliphatic heterocycles. The van der Waals surface area contributed by atoms with Crippen LogP contribution in [0.3, 0.4) is 0 Å². The van der Waals surface area contributed by atoms with E-state index in [1.807, 2.05) is 13.2 Å². The fourth-order valence-corrected chi connectivity index (χ4v) is 2.54. The van der Waals surface area contributed by atoms with Crippen LogP contribution in [0.1, 0.15) is 26.2 Å². The molecular weight excluding hydrogens is 186 g/mol. The second kappa shape index (κ2) is 4.33. The quantitative estimate of drug-likeness (QED) is 0.726. The highest BCUT2D eigenvalue weighted by Gasteiger charge is 2.43. The van der Waals surface area contributed by atoms with Gasteiger partial charge in [0.15, 0.2) is 0 Å². The molecule has 0 aromatic carbocycles. The van der Waals surface area contributed by atoms with Crippen molar-refractivity contribution in [3.63, 3.8) is 0 Å². The number of carboxylic acid groups (broad SMARTS) is 1. The molecule has 0 aromatic heterocycles. The average molecular weight is 203 g/mol. The van der Waals surface area contributed by atoms with Crippen molar-refractivity contribution in [1.29, 1.82) is 0 Å². The Hall–Kier alpha value is -0.220. The normalized spacial score (nSPS) is 31.2. The fourth-order valence-electron chi connectivity index (χ4n) is 1.83. The van der Waals surface area contributed by atoms with Crippen molar-refractivity contribution >= 4 is 17.7 Å². The summed E-state index contributed by atoms with van der Waals surface area (Å²) in [4.78, 5) is 11.2. The third-order valence-corrected chi connectivity index (χ3v) is 3.98. The van der Waals surface area contributed by atoms with E-state index in [1.165, 1.54) is 0 Å². The van der Waals surface area contributed by atoms with Gasteiger partial charge >= 0.3 is 5.97 Å². The second-order valence-corrected chi connectivity index (χ2v) is 4.72. The van der Waals surface area contributed by atoms with Crippen molar-refractivity contribution in [3.8, 4) is 0 Å². The zero-order chi connectivity index (χ0) is 9.90. The van der Waals surface area contributed by atoms with Gasteiger partial charge in [0.1, 0.15) is 5.54 Å². The number of aliphatic carboxylic acids is 1. The Bertz CT molecular complexity index is 190. The summed E-state index contributed by atoms with van der Waals surface area (Å²) >= 11 is 1.62. The van der Waals surface area contributed by atoms with Gasteiger partial charge in [-0.15, -0.1) is 0 Å². The minimum absolute atomic E-state index is 0.130. The molecule has 0 aliphatic carbocycles. The zero-order valence-electron chi connectivity index (χ0n) is 8.17. The maximum absolute atomic E-state index is 11.2. The molecule has 0 radical (unpaired) electrons. The Morgan fingerprint density at radius 1 is 1.62 bits per heavy atom. The number of carbonyl (C=O) groups is 1. The van der Waals surface area contributed by atoms with Crippen LogP contribution in [-0.4, -0.2) is 34.7 Å². The van der Waals surface area contributed by atoms with Gasteiger partial charge in [0.2, 0.25) is 0 Å². The molecule has 0 aromatic rings. The Morgan fingerprint density at radius 2 is 2.31 bits per heavy atom. The smallest absolute Gasteiger partial charge is 0.325 e. The third kappa shape index (κ3) is 1.99. The monoisotopic (exact) mass is 203 g/mol. The second-order valence-electron chi connectivity index (χ2n) is 3.54. The van der Waals surface area contributed by atoms with Gasteiger partial charge in [-0.05, 0) is 32.1 Å². The molecule has 1 aliphatic rings. The fraction of sp³-hybridized carbons (Fsp3) is 0.889. The molecule has 1 heterocycles. The molecule has 0 spiro atoms. The molecule has 76 valence electrons. The van der Waals surface area contributed by atoms with Crippen molar-refractivity contribution in [3.05, 3.63) is 0 Å². The summed E-state index contributed by atoms with van der Waals surface area (Å²) in [6.07, 6.45) is 4.83. The van der Waals surface area contributed by atoms with Crippen molar-refractivity contribution in [2.45, 2.75) is 37.0 Å². The lowest BCUT2D eigenvalue weighted by Crippen LogP contribution is -2.60. The molecule has 1 unspecified atom stereocenters. The maximum atomic E-state index is 11.2. The van der Waals surface area contributed by atoms with Crippen LogP contribution < -0.4 is 5.32 Å². The number of hydrogen-bond donors (Lipinski definition) is 2. The first kappa shape index (κ1) is 10.9. The average Bonchev–Trinajstić information content (AvgIpc) is 2.17. The molecule has 2 atom stereocenters. The highest BCUT2D eigenvalue weighted by atomic mass is 32.2. The van der Waals surface area contributed by atoms with Crippen LogP contribution in [0.5, 0.6) is 0 Å². The molecule has 1 saturated heterocycles. The van der Waals surface area contributed by atoms with Crippen molar-refractivity contribution in [2.75, 3.05) is 12.8 Å². The Labute approximate surface area is 83.3 Å². The molecule has 1 fully saturated rings. The van der Waals surface area contributed by atoms with Crippen molar-refractivity contribution in [2.24, 2.45) is 0 Å². The Morgan fingerprint density at radius 3 is 2.69 bits per heavy atom. The molecular formula is C9H17NO2S. The summed E-state index contributed by atoms with van der Waals surface area (Å²) in [6.45, 7) is 2.81. The molecule has 3 nitrogen and oxygen atoms in total. The van der Waals surface area contributed by atoms with Gasteiger partial charge in [0, 0.05) is 5.25 Å². The first-order chi connectivity index (χ1) is 6.13. The van der Waals surface area contributed by atoms with Crippen LogP contribution in [0.15, 0.2) is 0 Å². The van der Waals surface area contributed by atoms with Crippen LogP contribution >= 0.6 is 11.8 Å². The van der Waals surface area contributed by atoms with Crippen LogP contribution in [0.4, 0.5) is 0 Å². The van der Waals surface area contributed by atoms with Crippen LogP contribution in [0.2, 0.25) is 0 Å². The van der Waals surface area contributed by atoms with E-state index in [0.29, 0.717) is 0 Å². The summed E-state index contributed by atoms with van der Waals surface area (Å²) in [6, 6.07) is 0. The lowest BCUT2D eigenvalue weighted by atomic mass is 9.86. The number of carboxylic acids is 1. The van der Waals surface area contributed by atoms with Gasteiger partial charge < -0.3 is 10.4 Å². The minimum atomic E-state index is -0.700. The minimum Gasteiger partial charge on any atom is -0.480 e. The highest BCUT2D eigenvalue weighted by Crippen LogP contribution is 2.29. The molecule has 13 heavy (non-hydrogen) atoms. The number of rotatable bonds is 3. The van der Waals surface area contributed by atoms with E-state index in [1.54, 1.807) is 11.8 Å². The van der Waals surface area contributed by atoms with E-state index in [0.717, 1.165) is 25.8 Å². The van der Waals surface area contributed by atoms with E-state index in [9.17, 15) is 9.90 Å². The first-order valence-electron chi connectivity index (χ1n) is 4.64. The summed E-state index contributed by atoms with van der Waals surface area (Å²) in [5.74, 6) is -0.700. The predicted molar refractivity (Wildman–Crippen MR) is 55.2 cm³/mol. The van der Waals surface area contributed by atoms with E-state index in [4.69, 9.17) is 0 Å². The zero-order valence-corrected chi connectivity index (χ0v) is 8.99. The number of nitrogens with one attached hydrogen (secondary N) is 1. The van der Waals surface area contributed by atoms with Gasteiger partial charge in [-0.1, -0.05) is 6.92 Å². The van der Waals surface area contributed by atoms with E-state index >= 15 is 0 Å². The lowest BCUT2D eigenvalue weighted by molar-refractivity contribution is -0.145. The standard InChI is InChI=1S/C9H17NO2S/c1-7(13-2)9(8(11)12)5-3-4-6-10-9/h7,10H,3-6H2,1-2H3,(H,11,12)/t7-,9?/m0/s1. The molecule has 0 bridgehead atoms. The van der Waals surface area contributed by atoms with Crippen LogP contribution in [0.25, 0.3) is 0 Å². The van der Waals surface area contributed by atoms with Gasteiger partial charge in [-0.3, -0.25) is 4.79 Å². The molecule has 4 heteroatoms. The van der Waals surface area contributed by atoms with Crippen molar-refractivity contribution in [1.82, 2.24) is 5.32 Å². The van der Waals surface area contributed by atoms with E-state index < -0.39 is 11.5 Å². The number of piperidine rings is 1. The first-order valence-corrected chi connectivity index (χ1v) is 5.93. The molecule has 0 amide bonds. The summed E-state index contributed by atoms with van der Waals surface area (Å²) in [7, 11) is 0. The van der Waals surface area contributed by atoms with Crippen LogP contribution in [-0.2, 0) is 4.79 Å². The Kier molecular flexibility index (Phi) is 3.62. The largest absolute Gasteiger partial charge is 0.480 e. The summed E-state index contributed by atoms with van der Waals surface area (Å²) < 4.78 is 0. The predicted octanol–water partition coefficient (Wildman–Crippen LogP) is 1.33. The van der Waals surface area contributed by atoms with E-state index in [-0.39, 0.29) is 5.25 Å². The molecule has 0 saturated carbocycles. The summed E-state index contributed by atoms with van der Waals surface area (Å²) in [5, 5.41) is 12.5. The third-order valence-electron chi connectivity index (χ3n) is 2.87. The molecule has 1 rings (SSSR count). The molecule has 2 N–H and O–H groups in total. The van der Waals surface area contributed by atoms with Gasteiger partial charge in [-0.2, -0.15) is 11.8 Å². The Balaban J connectivity index is 2.78. The van der Waals surface area contributed by atoms with Gasteiger partial charge in [0.05, 0.1) is 0 Å². The van der Waals surface area contributed by atoms with Crippen LogP contribution in [0, 0.1) is 0 Å². The highest BCUT2D eigenvalue weighted by molar-refractivity contribution is 7.99. The van der Waals surface area contributed by atoms with E-state index in [2.05, 4.69) is 5.32 Å². The van der Waals surface area contributed by atoms with Crippen molar-refractivity contribution < 1.29 is 9.90 Å². The lowest BCUT2D eigenvalue weighted by Gasteiger charge is -2.38. The number of thioether (sulfide) groups is 1. The van der Waals surface area contributed by atoms with Gasteiger partial charge in [0.25, 0.3) is 0 Å².